The van der Waals surface area contributed by atoms with Crippen LogP contribution in [-0.2, 0) is 0 Å². The van der Waals surface area contributed by atoms with Gasteiger partial charge in [0.25, 0.3) is 0 Å². The molecule has 0 radical (unpaired) electrons. The van der Waals surface area contributed by atoms with Crippen LogP contribution in [0.2, 0.25) is 5.02 Å². The molecule has 4 nitrogen and oxygen atoms in total. The third-order valence-corrected chi connectivity index (χ3v) is 3.57. The highest BCUT2D eigenvalue weighted by Crippen LogP contribution is 2.40. The molecule has 0 saturated heterocycles. The highest BCUT2D eigenvalue weighted by Gasteiger charge is 2.21. The number of ether oxygens (including phenoxy) is 2. The smallest absolute Gasteiger partial charge is 0.485 e. The molecular formula is C12H8ClN2O2S+. The van der Waals surface area contributed by atoms with E-state index >= 15 is 0 Å². The normalized spacial score (nSPS) is 13.1. The van der Waals surface area contributed by atoms with Crippen LogP contribution in [0, 0.1) is 6.57 Å². The van der Waals surface area contributed by atoms with E-state index in [1.165, 1.54) is 11.3 Å². The lowest BCUT2D eigenvalue weighted by molar-refractivity contribution is 0.171. The van der Waals surface area contributed by atoms with Crippen molar-refractivity contribution in [3.63, 3.8) is 0 Å². The van der Waals surface area contributed by atoms with Crippen molar-refractivity contribution in [1.82, 2.24) is 4.98 Å². The van der Waals surface area contributed by atoms with E-state index in [0.717, 1.165) is 11.3 Å². The highest BCUT2D eigenvalue weighted by atomic mass is 35.5. The topological polar surface area (TPSA) is 35.7 Å². The largest absolute Gasteiger partial charge is 0.486 e. The molecule has 0 amide bonds. The third kappa shape index (κ3) is 1.90. The van der Waals surface area contributed by atoms with Crippen molar-refractivity contribution in [2.45, 2.75) is 0 Å². The van der Waals surface area contributed by atoms with E-state index < -0.39 is 0 Å². The predicted octanol–water partition coefficient (Wildman–Crippen LogP) is 3.83. The number of hydrogen-bond acceptors (Lipinski definition) is 4. The van der Waals surface area contributed by atoms with E-state index in [2.05, 4.69) is 9.83 Å². The second kappa shape index (κ2) is 4.48. The van der Waals surface area contributed by atoms with Gasteiger partial charge in [0, 0.05) is 11.6 Å². The number of nitrogens with zero attached hydrogens (tertiary/aromatic N) is 2. The Labute approximate surface area is 113 Å². The van der Waals surface area contributed by atoms with Gasteiger partial charge in [-0.15, -0.1) is 4.85 Å². The minimum atomic E-state index is 0.510. The van der Waals surface area contributed by atoms with Crippen molar-refractivity contribution in [1.29, 1.82) is 0 Å². The standard InChI is InChI=1S/C12H8ClN2O2S/c1-14-12-15-9(6-18-12)7-4-10-11(5-8(7)13)17-3-2-16-10/h1,4-6H,2-3H2/q+1. The quantitative estimate of drug-likeness (QED) is 0.796. The van der Waals surface area contributed by atoms with E-state index in [-0.39, 0.29) is 0 Å². The van der Waals surface area contributed by atoms with Gasteiger partial charge in [0.2, 0.25) is 0 Å². The van der Waals surface area contributed by atoms with Gasteiger partial charge in [0.05, 0.1) is 10.4 Å². The predicted molar refractivity (Wildman–Crippen MR) is 71.5 cm³/mol. The van der Waals surface area contributed by atoms with Crippen LogP contribution in [0.1, 0.15) is 0 Å². The van der Waals surface area contributed by atoms with E-state index in [0.29, 0.717) is 34.9 Å². The summed E-state index contributed by atoms with van der Waals surface area (Å²) in [6.45, 7) is 6.26. The second-order valence-electron chi connectivity index (χ2n) is 3.62. The molecule has 0 unspecified atom stereocenters. The lowest BCUT2D eigenvalue weighted by Crippen LogP contribution is -2.15. The van der Waals surface area contributed by atoms with Crippen molar-refractivity contribution in [3.8, 4) is 29.3 Å². The molecule has 1 aromatic heterocycles. The molecule has 6 heteroatoms. The number of halogens is 1. The first kappa shape index (κ1) is 11.3. The molecule has 3 rings (SSSR count). The van der Waals surface area contributed by atoms with Crippen molar-refractivity contribution in [2.75, 3.05) is 13.2 Å². The van der Waals surface area contributed by atoms with Crippen molar-refractivity contribution in [3.05, 3.63) is 27.4 Å². The fourth-order valence-electron chi connectivity index (χ4n) is 1.71. The molecule has 0 spiro atoms. The van der Waals surface area contributed by atoms with Gasteiger partial charge in [0.15, 0.2) is 17.2 Å². The minimum Gasteiger partial charge on any atom is -0.486 e. The summed E-state index contributed by atoms with van der Waals surface area (Å²) >= 11 is 7.57. The summed E-state index contributed by atoms with van der Waals surface area (Å²) in [5.41, 5.74) is 1.51. The van der Waals surface area contributed by atoms with E-state index in [1.54, 1.807) is 6.07 Å². The SMILES string of the molecule is C#[N+]c1nc(-c2cc3c(cc2Cl)OCCO3)cs1. The molecule has 1 aromatic carbocycles. The summed E-state index contributed by atoms with van der Waals surface area (Å²) in [5.74, 6) is 1.34. The molecule has 0 aliphatic carbocycles. The minimum absolute atomic E-state index is 0.510. The zero-order valence-electron chi connectivity index (χ0n) is 9.22. The van der Waals surface area contributed by atoms with Crippen LogP contribution in [0.15, 0.2) is 17.5 Å². The molecule has 0 bridgehead atoms. The van der Waals surface area contributed by atoms with Gasteiger partial charge in [-0.2, -0.15) is 0 Å². The molecular weight excluding hydrogens is 272 g/mol. The van der Waals surface area contributed by atoms with Crippen LogP contribution in [0.3, 0.4) is 0 Å². The van der Waals surface area contributed by atoms with Gasteiger partial charge in [-0.3, -0.25) is 0 Å². The summed E-state index contributed by atoms with van der Waals surface area (Å²) in [6.07, 6.45) is 0. The Balaban J connectivity index is 2.09. The van der Waals surface area contributed by atoms with Gasteiger partial charge >= 0.3 is 5.13 Å². The van der Waals surface area contributed by atoms with Crippen molar-refractivity contribution >= 4 is 28.1 Å². The van der Waals surface area contributed by atoms with E-state index in [4.69, 9.17) is 27.6 Å². The Morgan fingerprint density at radius 1 is 1.28 bits per heavy atom. The fraction of sp³-hybridized carbons (Fsp3) is 0.167. The average Bonchev–Trinajstić information content (AvgIpc) is 2.86. The zero-order valence-corrected chi connectivity index (χ0v) is 10.8. The first-order chi connectivity index (χ1) is 8.78. The van der Waals surface area contributed by atoms with Crippen molar-refractivity contribution < 1.29 is 9.47 Å². The third-order valence-electron chi connectivity index (χ3n) is 2.51. The van der Waals surface area contributed by atoms with Gasteiger partial charge < -0.3 is 9.47 Å². The average molecular weight is 280 g/mol. The number of aromatic nitrogens is 1. The second-order valence-corrected chi connectivity index (χ2v) is 4.86. The van der Waals surface area contributed by atoms with Gasteiger partial charge in [-0.25, -0.2) is 0 Å². The zero-order chi connectivity index (χ0) is 12.5. The number of thiazole rings is 1. The molecule has 2 heterocycles. The molecule has 90 valence electrons. The maximum absolute atomic E-state index is 6.22. The molecule has 0 fully saturated rings. The van der Waals surface area contributed by atoms with Crippen LogP contribution in [0.5, 0.6) is 11.5 Å². The number of hydrogen-bond donors (Lipinski definition) is 0. The summed E-state index contributed by atoms with van der Waals surface area (Å²) in [5, 5.41) is 2.92. The monoisotopic (exact) mass is 279 g/mol. The first-order valence-corrected chi connectivity index (χ1v) is 6.49. The number of benzene rings is 1. The number of fused-ring (bicyclic) bond motifs is 1. The van der Waals surface area contributed by atoms with Gasteiger partial charge in [0.1, 0.15) is 19.8 Å². The maximum Gasteiger partial charge on any atom is 0.485 e. The molecule has 18 heavy (non-hydrogen) atoms. The molecule has 0 atom stereocenters. The lowest BCUT2D eigenvalue weighted by Gasteiger charge is -2.19. The highest BCUT2D eigenvalue weighted by molar-refractivity contribution is 7.14. The van der Waals surface area contributed by atoms with Crippen LogP contribution in [0.25, 0.3) is 16.1 Å². The maximum atomic E-state index is 6.22. The Hall–Kier alpha value is -1.77. The molecule has 0 saturated carbocycles. The van der Waals surface area contributed by atoms with Gasteiger partial charge in [-0.1, -0.05) is 11.6 Å². The summed E-state index contributed by atoms with van der Waals surface area (Å²) in [4.78, 5) is 7.80. The Bertz CT molecular complexity index is 648. The summed E-state index contributed by atoms with van der Waals surface area (Å²) < 4.78 is 11.0. The van der Waals surface area contributed by atoms with E-state index in [9.17, 15) is 0 Å². The Morgan fingerprint density at radius 2 is 2.00 bits per heavy atom. The van der Waals surface area contributed by atoms with Crippen molar-refractivity contribution in [2.24, 2.45) is 0 Å². The molecule has 1 aliphatic rings. The Morgan fingerprint density at radius 3 is 2.67 bits per heavy atom. The van der Waals surface area contributed by atoms with E-state index in [1.807, 2.05) is 11.4 Å². The lowest BCUT2D eigenvalue weighted by atomic mass is 10.1. The first-order valence-electron chi connectivity index (χ1n) is 5.24. The van der Waals surface area contributed by atoms with Gasteiger partial charge in [-0.05, 0) is 22.4 Å². The van der Waals surface area contributed by atoms with Crippen LogP contribution >= 0.6 is 22.9 Å². The van der Waals surface area contributed by atoms with Crippen LogP contribution in [0.4, 0.5) is 5.13 Å². The fourth-order valence-corrected chi connectivity index (χ4v) is 2.57. The summed E-state index contributed by atoms with van der Waals surface area (Å²) in [6, 6.07) is 3.57. The van der Waals surface area contributed by atoms with Crippen LogP contribution < -0.4 is 9.47 Å². The Kier molecular flexibility index (Phi) is 2.82. The molecule has 1 aliphatic heterocycles. The summed E-state index contributed by atoms with van der Waals surface area (Å²) in [7, 11) is 0. The number of rotatable bonds is 1. The van der Waals surface area contributed by atoms with Crippen LogP contribution in [-0.4, -0.2) is 18.2 Å². The molecule has 2 aromatic rings. The molecule has 0 N–H and O–H groups in total.